The minimum Gasteiger partial charge on any atom is -0.326 e. The van der Waals surface area contributed by atoms with Crippen molar-refractivity contribution in [2.24, 2.45) is 0 Å². The van der Waals surface area contributed by atoms with E-state index in [1.165, 1.54) is 22.5 Å². The van der Waals surface area contributed by atoms with E-state index in [0.29, 0.717) is 26.1 Å². The van der Waals surface area contributed by atoms with Crippen molar-refractivity contribution in [2.45, 2.75) is 24.3 Å². The van der Waals surface area contributed by atoms with Crippen molar-refractivity contribution >= 4 is 20.8 Å². The van der Waals surface area contributed by atoms with Gasteiger partial charge in [0.1, 0.15) is 5.82 Å². The average molecular weight is 339 g/mol. The summed E-state index contributed by atoms with van der Waals surface area (Å²) in [6.07, 6.45) is 1.57. The molecule has 0 aliphatic carbocycles. The first-order valence-electron chi connectivity index (χ1n) is 7.44. The third-order valence-corrected chi connectivity index (χ3v) is 6.06. The molecule has 0 radical (unpaired) electrons. The Morgan fingerprint density at radius 2 is 2.09 bits per heavy atom. The second-order valence-electron chi connectivity index (χ2n) is 5.69. The number of aromatic nitrogens is 1. The number of H-pyrrole nitrogens is 1. The summed E-state index contributed by atoms with van der Waals surface area (Å²) >= 11 is 0. The first kappa shape index (κ1) is 16.1. The molecule has 1 saturated heterocycles. The van der Waals surface area contributed by atoms with Crippen molar-refractivity contribution in [3.63, 3.8) is 0 Å². The van der Waals surface area contributed by atoms with Gasteiger partial charge in [0.05, 0.1) is 10.3 Å². The maximum absolute atomic E-state index is 14.2. The van der Waals surface area contributed by atoms with Gasteiger partial charge in [-0.2, -0.15) is 4.31 Å². The van der Waals surface area contributed by atoms with Gasteiger partial charge in [-0.15, -0.1) is 0 Å². The quantitative estimate of drug-likeness (QED) is 0.856. The normalized spacial score (nSPS) is 20.5. The molecule has 1 fully saturated rings. The van der Waals surface area contributed by atoms with Crippen LogP contribution in [-0.4, -0.2) is 43.4 Å². The standard InChI is InChI=1S/C15H18FN3O3S/c1-10-5-7-19(8-6-17-10)23(21,22)13-4-2-3-11-14(13)12(16)9-18-15(11)20/h2-4,9-10,17H,5-8H2,1H3,(H,18,20). The molecular formula is C15H18FN3O3S. The molecule has 2 N–H and O–H groups in total. The van der Waals surface area contributed by atoms with Crippen LogP contribution in [-0.2, 0) is 10.0 Å². The fourth-order valence-corrected chi connectivity index (χ4v) is 4.50. The highest BCUT2D eigenvalue weighted by atomic mass is 32.2. The largest absolute Gasteiger partial charge is 0.326 e. The summed E-state index contributed by atoms with van der Waals surface area (Å²) in [7, 11) is -3.87. The number of halogens is 1. The zero-order valence-electron chi connectivity index (χ0n) is 12.7. The molecule has 0 saturated carbocycles. The van der Waals surface area contributed by atoms with Crippen LogP contribution in [0.3, 0.4) is 0 Å². The summed E-state index contributed by atoms with van der Waals surface area (Å²) in [4.78, 5) is 14.0. The molecular weight excluding hydrogens is 321 g/mol. The Morgan fingerprint density at radius 1 is 1.30 bits per heavy atom. The molecule has 2 heterocycles. The van der Waals surface area contributed by atoms with Gasteiger partial charge in [-0.05, 0) is 25.5 Å². The Labute approximate surface area is 133 Å². The Bertz CT molecular complexity index is 894. The van der Waals surface area contributed by atoms with E-state index in [1.54, 1.807) is 0 Å². The van der Waals surface area contributed by atoms with E-state index in [0.717, 1.165) is 6.20 Å². The molecule has 0 bridgehead atoms. The number of pyridine rings is 1. The van der Waals surface area contributed by atoms with Crippen LogP contribution in [0.15, 0.2) is 34.1 Å². The predicted octanol–water partition coefficient (Wildman–Crippen LogP) is 1.04. The molecule has 3 rings (SSSR count). The van der Waals surface area contributed by atoms with E-state index in [2.05, 4.69) is 10.3 Å². The highest BCUT2D eigenvalue weighted by Gasteiger charge is 2.29. The van der Waals surface area contributed by atoms with Crippen molar-refractivity contribution in [3.8, 4) is 0 Å². The minimum atomic E-state index is -3.87. The van der Waals surface area contributed by atoms with Gasteiger partial charge in [-0.25, -0.2) is 12.8 Å². The van der Waals surface area contributed by atoms with E-state index in [9.17, 15) is 17.6 Å². The number of rotatable bonds is 2. The van der Waals surface area contributed by atoms with Gasteiger partial charge in [0.15, 0.2) is 0 Å². The fraction of sp³-hybridized carbons (Fsp3) is 0.400. The molecule has 1 aromatic carbocycles. The minimum absolute atomic E-state index is 0.0346. The number of hydrogen-bond donors (Lipinski definition) is 2. The van der Waals surface area contributed by atoms with Gasteiger partial charge >= 0.3 is 0 Å². The lowest BCUT2D eigenvalue weighted by Crippen LogP contribution is -2.34. The molecule has 23 heavy (non-hydrogen) atoms. The monoisotopic (exact) mass is 339 g/mol. The first-order valence-corrected chi connectivity index (χ1v) is 8.88. The van der Waals surface area contributed by atoms with Crippen molar-refractivity contribution in [1.82, 2.24) is 14.6 Å². The molecule has 0 amide bonds. The molecule has 1 aromatic heterocycles. The SMILES string of the molecule is CC1CCN(S(=O)(=O)c2cccc3c(=O)[nH]cc(F)c23)CCN1. The number of fused-ring (bicyclic) bond motifs is 1. The fourth-order valence-electron chi connectivity index (χ4n) is 2.83. The highest BCUT2D eigenvalue weighted by Crippen LogP contribution is 2.26. The molecule has 1 aliphatic heterocycles. The van der Waals surface area contributed by atoms with Crippen LogP contribution in [0.4, 0.5) is 4.39 Å². The molecule has 6 nitrogen and oxygen atoms in total. The highest BCUT2D eigenvalue weighted by molar-refractivity contribution is 7.89. The maximum atomic E-state index is 14.2. The number of nitrogens with one attached hydrogen (secondary N) is 2. The number of aromatic amines is 1. The van der Waals surface area contributed by atoms with E-state index >= 15 is 0 Å². The van der Waals surface area contributed by atoms with Crippen LogP contribution in [0.5, 0.6) is 0 Å². The van der Waals surface area contributed by atoms with E-state index in [4.69, 9.17) is 0 Å². The van der Waals surface area contributed by atoms with E-state index in [-0.39, 0.29) is 21.7 Å². The third kappa shape index (κ3) is 2.89. The number of hydrogen-bond acceptors (Lipinski definition) is 4. The maximum Gasteiger partial charge on any atom is 0.256 e. The van der Waals surface area contributed by atoms with Crippen LogP contribution in [0.2, 0.25) is 0 Å². The molecule has 2 aromatic rings. The second-order valence-corrected chi connectivity index (χ2v) is 7.60. The summed E-state index contributed by atoms with van der Waals surface area (Å²) in [5, 5.41) is 3.10. The van der Waals surface area contributed by atoms with Gasteiger partial charge in [0.25, 0.3) is 5.56 Å². The van der Waals surface area contributed by atoms with Crippen molar-refractivity contribution < 1.29 is 12.8 Å². The molecule has 1 unspecified atom stereocenters. The Kier molecular flexibility index (Phi) is 4.22. The first-order chi connectivity index (χ1) is 10.9. The summed E-state index contributed by atoms with van der Waals surface area (Å²) in [5.74, 6) is -0.750. The number of benzene rings is 1. The van der Waals surface area contributed by atoms with Crippen LogP contribution in [0.1, 0.15) is 13.3 Å². The predicted molar refractivity (Wildman–Crippen MR) is 85.4 cm³/mol. The van der Waals surface area contributed by atoms with Crippen LogP contribution >= 0.6 is 0 Å². The lowest BCUT2D eigenvalue weighted by molar-refractivity contribution is 0.429. The third-order valence-electron chi connectivity index (χ3n) is 4.12. The number of sulfonamides is 1. The summed E-state index contributed by atoms with van der Waals surface area (Å²) in [6.45, 7) is 3.20. The zero-order chi connectivity index (χ0) is 16.6. The van der Waals surface area contributed by atoms with Crippen molar-refractivity contribution in [1.29, 1.82) is 0 Å². The molecule has 1 aliphatic rings. The van der Waals surface area contributed by atoms with Gasteiger partial charge in [-0.3, -0.25) is 4.79 Å². The zero-order valence-corrected chi connectivity index (χ0v) is 13.5. The van der Waals surface area contributed by atoms with E-state index in [1.807, 2.05) is 6.92 Å². The van der Waals surface area contributed by atoms with Gasteiger partial charge < -0.3 is 10.3 Å². The Hall–Kier alpha value is -1.77. The second kappa shape index (κ2) is 6.03. The molecule has 0 spiro atoms. The van der Waals surface area contributed by atoms with Gasteiger partial charge in [0.2, 0.25) is 10.0 Å². The Morgan fingerprint density at radius 3 is 2.87 bits per heavy atom. The summed E-state index contributed by atoms with van der Waals surface area (Å²) in [6, 6.07) is 4.45. The average Bonchev–Trinajstić information content (AvgIpc) is 2.75. The number of nitrogens with zero attached hydrogens (tertiary/aromatic N) is 1. The Balaban J connectivity index is 2.16. The van der Waals surface area contributed by atoms with Crippen molar-refractivity contribution in [3.05, 3.63) is 40.6 Å². The summed E-state index contributed by atoms with van der Waals surface area (Å²) < 4.78 is 41.4. The van der Waals surface area contributed by atoms with Gasteiger partial charge in [-0.1, -0.05) is 6.07 Å². The van der Waals surface area contributed by atoms with Gasteiger partial charge in [0, 0.05) is 37.3 Å². The smallest absolute Gasteiger partial charge is 0.256 e. The van der Waals surface area contributed by atoms with E-state index < -0.39 is 21.4 Å². The summed E-state index contributed by atoms with van der Waals surface area (Å²) in [5.41, 5.74) is -0.510. The molecule has 8 heteroatoms. The van der Waals surface area contributed by atoms with Crippen molar-refractivity contribution in [2.75, 3.05) is 19.6 Å². The van der Waals surface area contributed by atoms with Crippen LogP contribution in [0.25, 0.3) is 10.8 Å². The lowest BCUT2D eigenvalue weighted by atomic mass is 10.2. The topological polar surface area (TPSA) is 82.3 Å². The van der Waals surface area contributed by atoms with Crippen LogP contribution < -0.4 is 10.9 Å². The lowest BCUT2D eigenvalue weighted by Gasteiger charge is -2.20. The van der Waals surface area contributed by atoms with Crippen LogP contribution in [0, 0.1) is 5.82 Å². The molecule has 1 atom stereocenters. The molecule has 124 valence electrons.